The Kier molecular flexibility index (Phi) is 8.22. The molecule has 0 amide bonds. The molecule has 0 radical (unpaired) electrons. The van der Waals surface area contributed by atoms with Gasteiger partial charge in [-0.15, -0.1) is 0 Å². The van der Waals surface area contributed by atoms with E-state index in [1.807, 2.05) is 42.3 Å². The van der Waals surface area contributed by atoms with Gasteiger partial charge in [0, 0.05) is 23.8 Å². The van der Waals surface area contributed by atoms with Crippen LogP contribution in [0.25, 0.3) is 0 Å². The van der Waals surface area contributed by atoms with E-state index in [4.69, 9.17) is 16.3 Å². The molecule has 41 heavy (non-hydrogen) atoms. The van der Waals surface area contributed by atoms with Crippen LogP contribution in [0, 0.1) is 0 Å². The average molecular weight is 614 g/mol. The van der Waals surface area contributed by atoms with Crippen molar-refractivity contribution in [2.75, 3.05) is 26.0 Å². The molecule has 5 rings (SSSR count). The predicted molar refractivity (Wildman–Crippen MR) is 158 cm³/mol. The monoisotopic (exact) mass is 613 g/mol. The minimum Gasteiger partial charge on any atom is -0.461 e. The van der Waals surface area contributed by atoms with Crippen LogP contribution in [0.2, 0.25) is 5.02 Å². The highest BCUT2D eigenvalue weighted by Crippen LogP contribution is 2.49. The maximum Gasteiger partial charge on any atom is 0.336 e. The molecule has 0 fully saturated rings. The van der Waals surface area contributed by atoms with Gasteiger partial charge in [0.05, 0.1) is 22.9 Å². The maximum absolute atomic E-state index is 14.3. The number of dihydropyridines is 1. The lowest BCUT2D eigenvalue weighted by atomic mass is 9.86. The van der Waals surface area contributed by atoms with Gasteiger partial charge in [0.1, 0.15) is 11.5 Å². The third-order valence-corrected chi connectivity index (χ3v) is 11.3. The van der Waals surface area contributed by atoms with Gasteiger partial charge in [-0.05, 0) is 43.3 Å². The standard InChI is InChI=1S/C30H29ClN2O6S2/c1-20-27(30(34)39-17-16-33(2)18-21-10-4-3-5-11-21)28(22-12-6-7-13-23(22)31)29-24(32-20)19-40(35,36)25-14-8-9-15-26(25)41(29,37)38/h3-15,28H,16-19H2,1-2H3,(H-,32,34,37,38)/p+1. The number of sulfone groups is 1. The quantitative estimate of drug-likeness (QED) is 0.283. The summed E-state index contributed by atoms with van der Waals surface area (Å²) < 4.78 is 58.4. The molecule has 0 saturated heterocycles. The molecule has 0 aliphatic carbocycles. The minimum atomic E-state index is -4.14. The van der Waals surface area contributed by atoms with Crippen LogP contribution in [0.15, 0.2) is 111 Å². The molecule has 2 aliphatic heterocycles. The summed E-state index contributed by atoms with van der Waals surface area (Å²) in [6.45, 7) is 2.81. The number of allylic oxidation sites excluding steroid dienone is 2. The van der Waals surface area contributed by atoms with Gasteiger partial charge in [0.15, 0.2) is 9.84 Å². The molecule has 0 spiro atoms. The maximum atomic E-state index is 14.3. The Morgan fingerprint density at radius 2 is 1.73 bits per heavy atom. The molecule has 3 aromatic carbocycles. The number of esters is 1. The number of rotatable bonds is 7. The molecule has 2 N–H and O–H groups in total. The number of nitrogens with one attached hydrogen (secondary N) is 1. The van der Waals surface area contributed by atoms with E-state index in [1.54, 1.807) is 31.2 Å². The van der Waals surface area contributed by atoms with E-state index in [1.165, 1.54) is 24.3 Å². The second kappa shape index (κ2) is 11.5. The van der Waals surface area contributed by atoms with Crippen LogP contribution in [-0.4, -0.2) is 49.8 Å². The molecular formula is C30H30ClN2O6S2+. The second-order valence-corrected chi connectivity index (χ2v) is 14.3. The Hall–Kier alpha value is -3.28. The number of hydrogen-bond acceptors (Lipinski definition) is 7. The number of nitrogens with zero attached hydrogens (tertiary/aromatic N) is 1. The van der Waals surface area contributed by atoms with Gasteiger partial charge in [0.2, 0.25) is 9.80 Å². The van der Waals surface area contributed by atoms with Crippen LogP contribution in [0.1, 0.15) is 24.0 Å². The summed E-state index contributed by atoms with van der Waals surface area (Å²) in [5.41, 5.74) is 1.99. The lowest BCUT2D eigenvalue weighted by Crippen LogP contribution is -2.35. The molecule has 2 aliphatic rings. The first-order chi connectivity index (χ1) is 19.5. The highest BCUT2D eigenvalue weighted by Gasteiger charge is 2.54. The van der Waals surface area contributed by atoms with Gasteiger partial charge in [0.25, 0.3) is 10.2 Å². The molecule has 2 atom stereocenters. The number of hydrogen-bond donors (Lipinski definition) is 2. The summed E-state index contributed by atoms with van der Waals surface area (Å²) in [7, 11) is -6.21. The Labute approximate surface area is 245 Å². The molecule has 0 saturated carbocycles. The first-order valence-electron chi connectivity index (χ1n) is 12.9. The molecule has 0 aromatic heterocycles. The van der Waals surface area contributed by atoms with Gasteiger partial charge < -0.3 is 10.1 Å². The molecule has 0 bridgehead atoms. The van der Waals surface area contributed by atoms with Crippen LogP contribution < -0.4 is 5.32 Å². The number of likely N-dealkylation sites (N-methyl/N-ethyl adjacent to an activating group) is 1. The van der Waals surface area contributed by atoms with Crippen LogP contribution in [0.4, 0.5) is 0 Å². The van der Waals surface area contributed by atoms with Gasteiger partial charge >= 0.3 is 5.97 Å². The molecule has 3 aromatic rings. The SMILES string of the molecule is CC1=C(C(=O)OCCN(C)Cc2ccccc2)C(c2ccccc2Cl)C2=C(CS(=O)(=O)c3ccccc3[S+]2(=O)O)N1. The summed E-state index contributed by atoms with van der Waals surface area (Å²) in [5, 5.41) is 3.24. The predicted octanol–water partition coefficient (Wildman–Crippen LogP) is 5.01. The average Bonchev–Trinajstić information content (AvgIpc) is 2.99. The van der Waals surface area contributed by atoms with E-state index in [0.29, 0.717) is 24.4 Å². The van der Waals surface area contributed by atoms with Crippen molar-refractivity contribution in [1.29, 1.82) is 0 Å². The Morgan fingerprint density at radius 3 is 2.46 bits per heavy atom. The second-order valence-electron chi connectivity index (χ2n) is 10.1. The van der Waals surface area contributed by atoms with Gasteiger partial charge in [-0.1, -0.05) is 76.5 Å². The van der Waals surface area contributed by atoms with Gasteiger partial charge in [-0.2, -0.15) is 4.55 Å². The van der Waals surface area contributed by atoms with Crippen molar-refractivity contribution < 1.29 is 26.7 Å². The lowest BCUT2D eigenvalue weighted by molar-refractivity contribution is -0.139. The lowest BCUT2D eigenvalue weighted by Gasteiger charge is -2.30. The van der Waals surface area contributed by atoms with Gasteiger partial charge in [-0.3, -0.25) is 4.90 Å². The zero-order valence-electron chi connectivity index (χ0n) is 22.5. The Balaban J connectivity index is 1.52. The van der Waals surface area contributed by atoms with Crippen molar-refractivity contribution in [3.8, 4) is 0 Å². The van der Waals surface area contributed by atoms with Crippen LogP contribution in [0.3, 0.4) is 0 Å². The normalized spacial score (nSPS) is 21.5. The Morgan fingerprint density at radius 1 is 1.07 bits per heavy atom. The fourth-order valence-corrected chi connectivity index (χ4v) is 9.60. The topological polar surface area (TPSA) is 113 Å². The summed E-state index contributed by atoms with van der Waals surface area (Å²) in [4.78, 5) is 15.2. The molecule has 214 valence electrons. The summed E-state index contributed by atoms with van der Waals surface area (Å²) in [5.74, 6) is -2.34. The van der Waals surface area contributed by atoms with Crippen molar-refractivity contribution >= 4 is 37.6 Å². The summed E-state index contributed by atoms with van der Waals surface area (Å²) in [6.07, 6.45) is 0. The zero-order valence-corrected chi connectivity index (χ0v) is 24.9. The summed E-state index contributed by atoms with van der Waals surface area (Å²) >= 11 is 6.60. The molecular weight excluding hydrogens is 584 g/mol. The first kappa shape index (κ1) is 29.2. The van der Waals surface area contributed by atoms with E-state index in [0.717, 1.165) is 5.56 Å². The highest BCUT2D eigenvalue weighted by atomic mass is 35.5. The third-order valence-electron chi connectivity index (χ3n) is 7.14. The third kappa shape index (κ3) is 5.75. The smallest absolute Gasteiger partial charge is 0.336 e. The summed E-state index contributed by atoms with van der Waals surface area (Å²) in [6, 6.07) is 22.3. The van der Waals surface area contributed by atoms with Crippen molar-refractivity contribution in [3.63, 3.8) is 0 Å². The zero-order chi connectivity index (χ0) is 29.4. The van der Waals surface area contributed by atoms with Crippen LogP contribution in [-0.2, 0) is 40.3 Å². The number of fused-ring (bicyclic) bond motifs is 1. The fourth-order valence-electron chi connectivity index (χ4n) is 5.26. The molecule has 2 unspecified atom stereocenters. The van der Waals surface area contributed by atoms with Crippen molar-refractivity contribution in [3.05, 3.63) is 117 Å². The van der Waals surface area contributed by atoms with E-state index < -0.39 is 37.7 Å². The van der Waals surface area contributed by atoms with Crippen LogP contribution >= 0.6 is 11.6 Å². The van der Waals surface area contributed by atoms with E-state index in [9.17, 15) is 22.0 Å². The van der Waals surface area contributed by atoms with Crippen LogP contribution in [0.5, 0.6) is 0 Å². The highest BCUT2D eigenvalue weighted by molar-refractivity contribution is 8.02. The number of benzene rings is 3. The number of carbonyl (C=O) groups is 1. The fraction of sp³-hybridized carbons (Fsp3) is 0.233. The van der Waals surface area contributed by atoms with E-state index in [2.05, 4.69) is 5.32 Å². The van der Waals surface area contributed by atoms with Crippen molar-refractivity contribution in [2.45, 2.75) is 29.2 Å². The Bertz CT molecular complexity index is 1720. The van der Waals surface area contributed by atoms with Gasteiger partial charge in [-0.25, -0.2) is 13.2 Å². The van der Waals surface area contributed by atoms with E-state index >= 15 is 0 Å². The number of ether oxygens (including phenoxy) is 1. The number of halogens is 1. The molecule has 8 nitrogen and oxygen atoms in total. The largest absolute Gasteiger partial charge is 0.461 e. The van der Waals surface area contributed by atoms with E-state index in [-0.39, 0.29) is 37.6 Å². The number of carbonyl (C=O) groups excluding carboxylic acids is 1. The first-order valence-corrected chi connectivity index (χ1v) is 16.5. The molecule has 2 heterocycles. The van der Waals surface area contributed by atoms with Crippen molar-refractivity contribution in [1.82, 2.24) is 10.2 Å². The van der Waals surface area contributed by atoms with Crippen molar-refractivity contribution in [2.24, 2.45) is 0 Å². The minimum absolute atomic E-state index is 0.0512. The molecule has 11 heteroatoms.